The molecular weight excluding hydrogens is 242 g/mol. The van der Waals surface area contributed by atoms with Gasteiger partial charge in [-0.25, -0.2) is 4.98 Å². The van der Waals surface area contributed by atoms with Crippen LogP contribution < -0.4 is 11.1 Å². The van der Waals surface area contributed by atoms with Crippen molar-refractivity contribution in [3.05, 3.63) is 39.2 Å². The summed E-state index contributed by atoms with van der Waals surface area (Å²) >= 11 is 7.73. The van der Waals surface area contributed by atoms with Gasteiger partial charge in [0.25, 0.3) is 0 Å². The van der Waals surface area contributed by atoms with Gasteiger partial charge >= 0.3 is 0 Å². The molecule has 0 aliphatic heterocycles. The fourth-order valence-corrected chi connectivity index (χ4v) is 2.42. The van der Waals surface area contributed by atoms with E-state index in [2.05, 4.69) is 28.7 Å². The highest BCUT2D eigenvalue weighted by atomic mass is 35.5. The van der Waals surface area contributed by atoms with Crippen LogP contribution in [-0.4, -0.2) is 4.98 Å². The molecule has 3 N–H and O–H groups in total. The van der Waals surface area contributed by atoms with Gasteiger partial charge in [0.05, 0.1) is 23.5 Å². The van der Waals surface area contributed by atoms with Crippen molar-refractivity contribution in [1.29, 1.82) is 0 Å². The van der Waals surface area contributed by atoms with E-state index in [4.69, 9.17) is 17.3 Å². The van der Waals surface area contributed by atoms with Crippen LogP contribution in [0.4, 0.5) is 11.5 Å². The van der Waals surface area contributed by atoms with E-state index in [0.29, 0.717) is 16.5 Å². The number of thiophene rings is 1. The summed E-state index contributed by atoms with van der Waals surface area (Å²) in [7, 11) is 0. The molecule has 0 saturated carbocycles. The molecular formula is C11H12ClN3S. The quantitative estimate of drug-likeness (QED) is 0.883. The highest BCUT2D eigenvalue weighted by Gasteiger charge is 2.04. The normalized spacial score (nSPS) is 10.4. The molecule has 84 valence electrons. The number of nitrogens with zero attached hydrogens (tertiary/aromatic N) is 1. The van der Waals surface area contributed by atoms with Gasteiger partial charge in [0.15, 0.2) is 0 Å². The lowest BCUT2D eigenvalue weighted by molar-refractivity contribution is 1.13. The number of aryl methyl sites for hydroxylation is 1. The number of hydrogen-bond donors (Lipinski definition) is 2. The van der Waals surface area contributed by atoms with Crippen molar-refractivity contribution in [1.82, 2.24) is 4.98 Å². The van der Waals surface area contributed by atoms with E-state index in [1.807, 2.05) is 0 Å². The van der Waals surface area contributed by atoms with Crippen molar-refractivity contribution >= 4 is 34.4 Å². The minimum absolute atomic E-state index is 0.550. The van der Waals surface area contributed by atoms with E-state index in [-0.39, 0.29) is 0 Å². The fourth-order valence-electron chi connectivity index (χ4n) is 1.33. The average molecular weight is 254 g/mol. The molecule has 0 aromatic carbocycles. The summed E-state index contributed by atoms with van der Waals surface area (Å²) < 4.78 is 0. The van der Waals surface area contributed by atoms with E-state index in [9.17, 15) is 0 Å². The minimum atomic E-state index is 0.550. The lowest BCUT2D eigenvalue weighted by Crippen LogP contribution is -2.02. The van der Waals surface area contributed by atoms with Crippen LogP contribution in [0.25, 0.3) is 0 Å². The van der Waals surface area contributed by atoms with Crippen LogP contribution in [-0.2, 0) is 6.54 Å². The van der Waals surface area contributed by atoms with Crippen molar-refractivity contribution in [2.45, 2.75) is 13.5 Å². The number of nitrogens with one attached hydrogen (secondary N) is 1. The molecule has 2 aromatic heterocycles. The van der Waals surface area contributed by atoms with Gasteiger partial charge in [0.2, 0.25) is 0 Å². The molecule has 0 atom stereocenters. The van der Waals surface area contributed by atoms with Crippen LogP contribution >= 0.6 is 22.9 Å². The lowest BCUT2D eigenvalue weighted by atomic mass is 10.3. The molecule has 0 saturated heterocycles. The summed E-state index contributed by atoms with van der Waals surface area (Å²) in [6.45, 7) is 2.83. The lowest BCUT2D eigenvalue weighted by Gasteiger charge is -2.07. The molecule has 0 aliphatic carbocycles. The van der Waals surface area contributed by atoms with E-state index in [0.717, 1.165) is 6.54 Å². The molecule has 0 radical (unpaired) electrons. The van der Waals surface area contributed by atoms with Crippen molar-refractivity contribution in [2.24, 2.45) is 0 Å². The number of anilines is 2. The minimum Gasteiger partial charge on any atom is -0.397 e. The molecule has 16 heavy (non-hydrogen) atoms. The maximum absolute atomic E-state index is 6.01. The van der Waals surface area contributed by atoms with Gasteiger partial charge in [-0.3, -0.25) is 0 Å². The molecule has 0 amide bonds. The summed E-state index contributed by atoms with van der Waals surface area (Å²) in [6.07, 6.45) is 1.59. The number of nitrogen functional groups attached to an aromatic ring is 1. The Kier molecular flexibility index (Phi) is 3.31. The first-order valence-corrected chi connectivity index (χ1v) is 6.10. The predicted octanol–water partition coefficient (Wildman–Crippen LogP) is 3.30. The van der Waals surface area contributed by atoms with Crippen LogP contribution in [0.15, 0.2) is 23.7 Å². The van der Waals surface area contributed by atoms with E-state index < -0.39 is 0 Å². The topological polar surface area (TPSA) is 50.9 Å². The van der Waals surface area contributed by atoms with Gasteiger partial charge in [-0.1, -0.05) is 11.6 Å². The molecule has 2 rings (SSSR count). The zero-order valence-corrected chi connectivity index (χ0v) is 10.4. The van der Waals surface area contributed by atoms with Crippen LogP contribution in [0.2, 0.25) is 5.02 Å². The Balaban J connectivity index is 2.08. The highest BCUT2D eigenvalue weighted by Crippen LogP contribution is 2.23. The van der Waals surface area contributed by atoms with Crippen LogP contribution in [0.1, 0.15) is 10.4 Å². The molecule has 0 aliphatic rings. The molecule has 0 fully saturated rings. The first-order valence-electron chi connectivity index (χ1n) is 4.84. The van der Waals surface area contributed by atoms with Crippen molar-refractivity contribution in [3.63, 3.8) is 0 Å². The monoisotopic (exact) mass is 253 g/mol. The first-order chi connectivity index (χ1) is 7.66. The van der Waals surface area contributed by atoms with Gasteiger partial charge in [-0.2, -0.15) is 0 Å². The third-order valence-corrected chi connectivity index (χ3v) is 3.56. The van der Waals surface area contributed by atoms with Crippen molar-refractivity contribution < 1.29 is 0 Å². The second kappa shape index (κ2) is 4.72. The number of aromatic nitrogens is 1. The zero-order chi connectivity index (χ0) is 11.5. The van der Waals surface area contributed by atoms with Gasteiger partial charge in [-0.15, -0.1) is 11.3 Å². The van der Waals surface area contributed by atoms with E-state index in [1.165, 1.54) is 10.4 Å². The Bertz CT molecular complexity index is 496. The van der Waals surface area contributed by atoms with Gasteiger partial charge in [-0.05, 0) is 30.0 Å². The summed E-state index contributed by atoms with van der Waals surface area (Å²) in [6, 6.07) is 3.79. The SMILES string of the molecule is Cc1ccsc1CNc1ncc(N)cc1Cl. The number of rotatable bonds is 3. The Morgan fingerprint density at radius 3 is 3.00 bits per heavy atom. The van der Waals surface area contributed by atoms with Crippen molar-refractivity contribution in [3.8, 4) is 0 Å². The maximum Gasteiger partial charge on any atom is 0.145 e. The third kappa shape index (κ3) is 2.46. The molecule has 0 unspecified atom stereocenters. The highest BCUT2D eigenvalue weighted by molar-refractivity contribution is 7.10. The molecule has 0 bridgehead atoms. The Morgan fingerprint density at radius 1 is 1.56 bits per heavy atom. The number of hydrogen-bond acceptors (Lipinski definition) is 4. The molecule has 2 aromatic rings. The van der Waals surface area contributed by atoms with Gasteiger partial charge in [0, 0.05) is 4.88 Å². The molecule has 2 heterocycles. The fraction of sp³-hybridized carbons (Fsp3) is 0.182. The number of pyridine rings is 1. The average Bonchev–Trinajstić information content (AvgIpc) is 2.63. The van der Waals surface area contributed by atoms with Gasteiger partial charge < -0.3 is 11.1 Å². The van der Waals surface area contributed by atoms with E-state index >= 15 is 0 Å². The van der Waals surface area contributed by atoms with Crippen molar-refractivity contribution in [2.75, 3.05) is 11.1 Å². The summed E-state index contributed by atoms with van der Waals surface area (Å²) in [5.41, 5.74) is 7.42. The smallest absolute Gasteiger partial charge is 0.145 e. The standard InChI is InChI=1S/C11H12ClN3S/c1-7-2-3-16-10(7)6-15-11-9(12)4-8(13)5-14-11/h2-5H,6,13H2,1H3,(H,14,15). The summed E-state index contributed by atoms with van der Waals surface area (Å²) in [4.78, 5) is 5.43. The molecule has 5 heteroatoms. The van der Waals surface area contributed by atoms with E-state index in [1.54, 1.807) is 23.6 Å². The summed E-state index contributed by atoms with van der Waals surface area (Å²) in [5, 5.41) is 5.82. The third-order valence-electron chi connectivity index (χ3n) is 2.25. The Morgan fingerprint density at radius 2 is 2.38 bits per heavy atom. The largest absolute Gasteiger partial charge is 0.397 e. The number of halogens is 1. The van der Waals surface area contributed by atoms with Crippen LogP contribution in [0, 0.1) is 6.92 Å². The summed E-state index contributed by atoms with van der Waals surface area (Å²) in [5.74, 6) is 0.670. The zero-order valence-electron chi connectivity index (χ0n) is 8.83. The maximum atomic E-state index is 6.01. The van der Waals surface area contributed by atoms with Gasteiger partial charge in [0.1, 0.15) is 5.82 Å². The second-order valence-corrected chi connectivity index (χ2v) is 4.89. The van der Waals surface area contributed by atoms with Crippen LogP contribution in [0.5, 0.6) is 0 Å². The number of nitrogens with two attached hydrogens (primary N) is 1. The predicted molar refractivity (Wildman–Crippen MR) is 70.0 cm³/mol. The Labute approximate surface area is 103 Å². The second-order valence-electron chi connectivity index (χ2n) is 3.48. The Hall–Kier alpha value is -1.26. The molecule has 3 nitrogen and oxygen atoms in total. The van der Waals surface area contributed by atoms with Crippen LogP contribution in [0.3, 0.4) is 0 Å². The first kappa shape index (κ1) is 11.2. The molecule has 0 spiro atoms.